The Kier molecular flexibility index (Phi) is 5.55. The van der Waals surface area contributed by atoms with Gasteiger partial charge in [-0.3, -0.25) is 0 Å². The van der Waals surface area contributed by atoms with Gasteiger partial charge in [0.1, 0.15) is 0 Å². The molecule has 0 N–H and O–H groups in total. The predicted octanol–water partition coefficient (Wildman–Crippen LogP) is 8.98. The Hall–Kier alpha value is -6.13. The SMILES string of the molecule is CN1c2ccccc2B2c3c(c4c5c(c31)N(C)c1ccccc1B5N1c3ccccc3C(C)(C)c3cccc-4c31)-c1cccc3c1N2c1ccccc1C3(C)C. The first-order valence-corrected chi connectivity index (χ1v) is 20.2. The Morgan fingerprint density at radius 1 is 0.375 bits per heavy atom. The highest BCUT2D eigenvalue weighted by Crippen LogP contribution is 2.61. The minimum atomic E-state index is -0.173. The zero-order valence-corrected chi connectivity index (χ0v) is 32.6. The van der Waals surface area contributed by atoms with Gasteiger partial charge in [0, 0.05) is 70.2 Å². The molecule has 6 aliphatic rings. The van der Waals surface area contributed by atoms with E-state index in [0.29, 0.717) is 0 Å². The van der Waals surface area contributed by atoms with Crippen LogP contribution < -0.4 is 41.3 Å². The largest absolute Gasteiger partial charge is 0.376 e. The molecule has 6 aliphatic heterocycles. The number of para-hydroxylation sites is 6. The van der Waals surface area contributed by atoms with Crippen molar-refractivity contribution in [3.63, 3.8) is 0 Å². The van der Waals surface area contributed by atoms with E-state index in [4.69, 9.17) is 0 Å². The molecule has 4 nitrogen and oxygen atoms in total. The van der Waals surface area contributed by atoms with Crippen LogP contribution in [0.2, 0.25) is 0 Å². The van der Waals surface area contributed by atoms with E-state index in [0.717, 1.165) is 0 Å². The molecule has 0 aromatic heterocycles. The minimum Gasteiger partial charge on any atom is -0.376 e. The predicted molar refractivity (Wildman–Crippen MR) is 238 cm³/mol. The second-order valence-electron chi connectivity index (χ2n) is 17.7. The van der Waals surface area contributed by atoms with E-state index in [1.807, 2.05) is 0 Å². The van der Waals surface area contributed by atoms with Crippen molar-refractivity contribution in [3.8, 4) is 22.3 Å². The van der Waals surface area contributed by atoms with Crippen molar-refractivity contribution >= 4 is 81.0 Å². The minimum absolute atomic E-state index is 0.0152. The van der Waals surface area contributed by atoms with Gasteiger partial charge in [0.05, 0.1) is 11.4 Å². The van der Waals surface area contributed by atoms with Crippen molar-refractivity contribution in [2.24, 2.45) is 0 Å². The van der Waals surface area contributed by atoms with E-state index in [1.165, 1.54) is 112 Å². The van der Waals surface area contributed by atoms with E-state index in [1.54, 1.807) is 0 Å². The maximum absolute atomic E-state index is 2.73. The van der Waals surface area contributed by atoms with E-state index in [9.17, 15) is 0 Å². The van der Waals surface area contributed by atoms with Gasteiger partial charge in [-0.1, -0.05) is 137 Å². The third-order valence-electron chi connectivity index (χ3n) is 14.6. The summed E-state index contributed by atoms with van der Waals surface area (Å²) in [5.74, 6) is 0. The molecule has 0 spiro atoms. The van der Waals surface area contributed by atoms with Crippen LogP contribution in [0.1, 0.15) is 49.9 Å². The number of fused-ring (bicyclic) bond motifs is 14. The molecule has 6 heteroatoms. The van der Waals surface area contributed by atoms with E-state index < -0.39 is 0 Å². The maximum atomic E-state index is 2.73. The Morgan fingerprint density at radius 3 is 1.16 bits per heavy atom. The van der Waals surface area contributed by atoms with Gasteiger partial charge in [-0.15, -0.1) is 0 Å². The van der Waals surface area contributed by atoms with Gasteiger partial charge >= 0.3 is 13.7 Å². The molecule has 0 fully saturated rings. The number of benzene rings is 7. The summed E-state index contributed by atoms with van der Waals surface area (Å²) in [6.45, 7) is 9.66. The lowest BCUT2D eigenvalue weighted by Crippen LogP contribution is -2.67. The Morgan fingerprint density at radius 2 is 0.732 bits per heavy atom. The summed E-state index contributed by atoms with van der Waals surface area (Å²) in [6, 6.07) is 51.0. The normalized spacial score (nSPS) is 17.2. The summed E-state index contributed by atoms with van der Waals surface area (Å²) in [7, 11) is 4.62. The molecule has 0 atom stereocenters. The summed E-state index contributed by atoms with van der Waals surface area (Å²) >= 11 is 0. The number of rotatable bonds is 0. The number of hydrogen-bond acceptors (Lipinski definition) is 4. The van der Waals surface area contributed by atoms with Crippen molar-refractivity contribution in [2.75, 3.05) is 33.5 Å². The lowest BCUT2D eigenvalue weighted by atomic mass is 9.38. The molecule has 0 amide bonds. The molecule has 13 rings (SSSR count). The highest BCUT2D eigenvalue weighted by Gasteiger charge is 2.56. The highest BCUT2D eigenvalue weighted by molar-refractivity contribution is 6.97. The lowest BCUT2D eigenvalue weighted by molar-refractivity contribution is 0.633. The Bertz CT molecular complexity index is 2760. The highest BCUT2D eigenvalue weighted by atomic mass is 15.2. The molecule has 0 aliphatic carbocycles. The van der Waals surface area contributed by atoms with Gasteiger partial charge in [0.2, 0.25) is 0 Å². The topological polar surface area (TPSA) is 13.0 Å². The summed E-state index contributed by atoms with van der Waals surface area (Å²) in [5, 5.41) is 0. The molecule has 56 heavy (non-hydrogen) atoms. The van der Waals surface area contributed by atoms with Gasteiger partial charge in [0.25, 0.3) is 0 Å². The van der Waals surface area contributed by atoms with Crippen molar-refractivity contribution < 1.29 is 0 Å². The monoisotopic (exact) mass is 718 g/mol. The van der Waals surface area contributed by atoms with Gasteiger partial charge in [-0.05, 0) is 79.5 Å². The first-order chi connectivity index (χ1) is 27.2. The first-order valence-electron chi connectivity index (χ1n) is 20.2. The third kappa shape index (κ3) is 3.32. The molecule has 7 aromatic rings. The van der Waals surface area contributed by atoms with E-state index in [-0.39, 0.29) is 24.5 Å². The maximum Gasteiger partial charge on any atom is 0.333 e. The number of nitrogens with zero attached hydrogens (tertiary/aromatic N) is 4. The summed E-state index contributed by atoms with van der Waals surface area (Å²) in [6.07, 6.45) is 0. The van der Waals surface area contributed by atoms with E-state index in [2.05, 4.69) is 195 Å². The zero-order valence-electron chi connectivity index (χ0n) is 32.6. The fourth-order valence-corrected chi connectivity index (χ4v) is 12.2. The first kappa shape index (κ1) is 31.1. The fourth-order valence-electron chi connectivity index (χ4n) is 12.2. The molecule has 7 aromatic carbocycles. The Balaban J connectivity index is 1.28. The van der Waals surface area contributed by atoms with Gasteiger partial charge in [-0.2, -0.15) is 0 Å². The van der Waals surface area contributed by atoms with E-state index >= 15 is 0 Å². The smallest absolute Gasteiger partial charge is 0.333 e. The van der Waals surface area contributed by atoms with Crippen LogP contribution in [0.3, 0.4) is 0 Å². The van der Waals surface area contributed by atoms with Crippen molar-refractivity contribution in [3.05, 3.63) is 156 Å². The van der Waals surface area contributed by atoms with Gasteiger partial charge < -0.3 is 19.4 Å². The van der Waals surface area contributed by atoms with Crippen molar-refractivity contribution in [1.29, 1.82) is 0 Å². The molecular formula is C50H40B2N4. The quantitative estimate of drug-likeness (QED) is 0.145. The third-order valence-corrected chi connectivity index (χ3v) is 14.6. The van der Waals surface area contributed by atoms with Crippen molar-refractivity contribution in [2.45, 2.75) is 38.5 Å². The van der Waals surface area contributed by atoms with Crippen LogP contribution in [0, 0.1) is 0 Å². The molecule has 0 saturated heterocycles. The molecule has 6 heterocycles. The molecule has 0 bridgehead atoms. The number of anilines is 8. The molecule has 266 valence electrons. The zero-order chi connectivity index (χ0) is 37.6. The van der Waals surface area contributed by atoms with Crippen LogP contribution in [0.15, 0.2) is 133 Å². The molecule has 0 radical (unpaired) electrons. The standard InChI is InChI=1S/C50H40B2N4/c1-49(2)31-19-7-11-25-37(31)55-45-29(17-15-21-33(45)49)41-42-30-18-16-22-34-46(30)56(38-26-12-8-20-32(38)50(34,3)4)52-36-24-10-14-28-40(36)54(6)48(44(42)52)47-43(41)51(55)35-23-9-13-27-39(35)53(47)5/h7-28H,1-6H3. The fraction of sp³-hybridized carbons (Fsp3) is 0.160. The lowest BCUT2D eigenvalue weighted by Gasteiger charge is -2.55. The van der Waals surface area contributed by atoms with Gasteiger partial charge in [0.15, 0.2) is 0 Å². The Labute approximate surface area is 329 Å². The number of hydrogen-bond donors (Lipinski definition) is 0. The van der Waals surface area contributed by atoms with Crippen LogP contribution in [0.25, 0.3) is 22.3 Å². The van der Waals surface area contributed by atoms with Crippen molar-refractivity contribution in [1.82, 2.24) is 0 Å². The van der Waals surface area contributed by atoms with Crippen LogP contribution in [-0.2, 0) is 10.8 Å². The van der Waals surface area contributed by atoms with Gasteiger partial charge in [-0.25, -0.2) is 0 Å². The summed E-state index contributed by atoms with van der Waals surface area (Å²) in [5.41, 5.74) is 26.7. The van der Waals surface area contributed by atoms with Crippen LogP contribution in [0.4, 0.5) is 45.5 Å². The summed E-state index contributed by atoms with van der Waals surface area (Å²) in [4.78, 5) is 10.5. The molecular weight excluding hydrogens is 678 g/mol. The summed E-state index contributed by atoms with van der Waals surface area (Å²) < 4.78 is 0. The van der Waals surface area contributed by atoms with Crippen LogP contribution >= 0.6 is 0 Å². The molecule has 0 saturated carbocycles. The average Bonchev–Trinajstić information content (AvgIpc) is 3.22. The van der Waals surface area contributed by atoms with Crippen LogP contribution in [0.5, 0.6) is 0 Å². The second-order valence-corrected chi connectivity index (χ2v) is 17.7. The second kappa shape index (κ2) is 9.99. The molecule has 0 unspecified atom stereocenters. The average molecular weight is 719 g/mol. The van der Waals surface area contributed by atoms with Crippen LogP contribution in [-0.4, -0.2) is 27.8 Å².